The molecule has 92 valence electrons. The molecule has 2 rings (SSSR count). The van der Waals surface area contributed by atoms with Gasteiger partial charge in [-0.2, -0.15) is 0 Å². The normalized spacial score (nSPS) is 10.2. The van der Waals surface area contributed by atoms with E-state index >= 15 is 0 Å². The molecule has 0 amide bonds. The number of phenols is 3. The molecule has 1 aromatic heterocycles. The Labute approximate surface area is 101 Å². The highest BCUT2D eigenvalue weighted by atomic mass is 16.3. The number of aromatic hydroxyl groups is 4. The smallest absolute Gasteiger partial charge is 0.215 e. The molecular formula is C12H9NO5. The molecule has 18 heavy (non-hydrogen) atoms. The Hall–Kier alpha value is -2.76. The molecule has 0 saturated carbocycles. The molecule has 1 aromatic carbocycles. The van der Waals surface area contributed by atoms with Crippen molar-refractivity contribution in [3.63, 3.8) is 0 Å². The van der Waals surface area contributed by atoms with Crippen molar-refractivity contribution in [2.24, 2.45) is 0 Å². The van der Waals surface area contributed by atoms with Crippen LogP contribution in [0.2, 0.25) is 0 Å². The maximum atomic E-state index is 11.9. The number of aromatic nitrogens is 1. The third-order valence-corrected chi connectivity index (χ3v) is 2.32. The maximum Gasteiger partial charge on any atom is 0.215 e. The van der Waals surface area contributed by atoms with Gasteiger partial charge in [0.15, 0.2) is 11.5 Å². The van der Waals surface area contributed by atoms with Crippen LogP contribution in [0.15, 0.2) is 30.5 Å². The highest BCUT2D eigenvalue weighted by Crippen LogP contribution is 2.33. The van der Waals surface area contributed by atoms with E-state index in [1.54, 1.807) is 0 Å². The van der Waals surface area contributed by atoms with E-state index in [9.17, 15) is 15.0 Å². The van der Waals surface area contributed by atoms with Crippen LogP contribution in [0.25, 0.3) is 0 Å². The number of nitrogens with zero attached hydrogens (tertiary/aromatic N) is 1. The number of carbonyl (C=O) groups is 1. The molecule has 2 aromatic rings. The number of phenolic OH excluding ortho intramolecular Hbond substituents is 3. The van der Waals surface area contributed by atoms with E-state index in [4.69, 9.17) is 10.2 Å². The van der Waals surface area contributed by atoms with E-state index in [1.807, 2.05) is 0 Å². The van der Waals surface area contributed by atoms with Crippen LogP contribution in [0.1, 0.15) is 16.1 Å². The minimum atomic E-state index is -0.636. The van der Waals surface area contributed by atoms with E-state index in [0.717, 1.165) is 18.3 Å². The molecule has 0 radical (unpaired) electrons. The van der Waals surface area contributed by atoms with Gasteiger partial charge in [-0.25, -0.2) is 4.98 Å². The summed E-state index contributed by atoms with van der Waals surface area (Å²) in [5, 5.41) is 37.0. The van der Waals surface area contributed by atoms with Crippen molar-refractivity contribution in [1.29, 1.82) is 0 Å². The van der Waals surface area contributed by atoms with Crippen molar-refractivity contribution >= 4 is 5.78 Å². The van der Waals surface area contributed by atoms with Crippen molar-refractivity contribution in [1.82, 2.24) is 4.98 Å². The lowest BCUT2D eigenvalue weighted by atomic mass is 10.1. The fourth-order valence-electron chi connectivity index (χ4n) is 1.41. The zero-order valence-electron chi connectivity index (χ0n) is 9.03. The summed E-state index contributed by atoms with van der Waals surface area (Å²) in [5.41, 5.74) is -0.198. The number of pyridine rings is 1. The Morgan fingerprint density at radius 3 is 2.22 bits per heavy atom. The molecule has 0 unspecified atom stereocenters. The van der Waals surface area contributed by atoms with Crippen LogP contribution < -0.4 is 0 Å². The third-order valence-electron chi connectivity index (χ3n) is 2.32. The van der Waals surface area contributed by atoms with Crippen molar-refractivity contribution in [2.45, 2.75) is 0 Å². The zero-order chi connectivity index (χ0) is 13.3. The van der Waals surface area contributed by atoms with Crippen molar-refractivity contribution < 1.29 is 25.2 Å². The van der Waals surface area contributed by atoms with Crippen molar-refractivity contribution in [2.75, 3.05) is 0 Å². The highest BCUT2D eigenvalue weighted by Gasteiger charge is 2.17. The quantitative estimate of drug-likeness (QED) is 0.359. The maximum absolute atomic E-state index is 11.9. The molecule has 0 aliphatic heterocycles. The summed E-state index contributed by atoms with van der Waals surface area (Å²) in [6.45, 7) is 0. The van der Waals surface area contributed by atoms with E-state index in [1.165, 1.54) is 12.1 Å². The first-order valence-corrected chi connectivity index (χ1v) is 4.93. The van der Waals surface area contributed by atoms with Gasteiger partial charge in [-0.3, -0.25) is 4.79 Å². The Bertz CT molecular complexity index is 607. The summed E-state index contributed by atoms with van der Waals surface area (Å²) in [6, 6.07) is 4.36. The van der Waals surface area contributed by atoms with Crippen molar-refractivity contribution in [3.8, 4) is 23.0 Å². The first-order valence-electron chi connectivity index (χ1n) is 4.93. The molecule has 0 spiro atoms. The molecule has 0 fully saturated rings. The lowest BCUT2D eigenvalue weighted by Gasteiger charge is -2.05. The van der Waals surface area contributed by atoms with Crippen LogP contribution in [0.5, 0.6) is 23.0 Å². The van der Waals surface area contributed by atoms with Crippen LogP contribution >= 0.6 is 0 Å². The van der Waals surface area contributed by atoms with Crippen LogP contribution in [0.3, 0.4) is 0 Å². The zero-order valence-corrected chi connectivity index (χ0v) is 9.03. The molecule has 0 atom stereocenters. The van der Waals surface area contributed by atoms with Crippen LogP contribution in [0, 0.1) is 0 Å². The number of hydrogen-bond acceptors (Lipinski definition) is 6. The average Bonchev–Trinajstić information content (AvgIpc) is 2.34. The molecule has 4 N–H and O–H groups in total. The molecular weight excluding hydrogens is 238 g/mol. The monoisotopic (exact) mass is 247 g/mol. The summed E-state index contributed by atoms with van der Waals surface area (Å²) in [5.74, 6) is -2.24. The first-order chi connectivity index (χ1) is 8.49. The van der Waals surface area contributed by atoms with Gasteiger partial charge in [-0.15, -0.1) is 0 Å². The predicted molar refractivity (Wildman–Crippen MR) is 60.8 cm³/mol. The Morgan fingerprint density at radius 2 is 1.61 bits per heavy atom. The van der Waals surface area contributed by atoms with Gasteiger partial charge in [-0.05, 0) is 18.2 Å². The molecule has 0 saturated heterocycles. The number of hydrogen-bond donors (Lipinski definition) is 4. The SMILES string of the molecule is O=C(c1ccc(O)cn1)c1cc(O)c(O)cc1O. The van der Waals surface area contributed by atoms with Crippen LogP contribution in [-0.2, 0) is 0 Å². The third kappa shape index (κ3) is 2.03. The average molecular weight is 247 g/mol. The summed E-state index contributed by atoms with van der Waals surface area (Å²) in [7, 11) is 0. The fraction of sp³-hybridized carbons (Fsp3) is 0. The van der Waals surface area contributed by atoms with Gasteiger partial charge >= 0.3 is 0 Å². The fourth-order valence-corrected chi connectivity index (χ4v) is 1.41. The summed E-state index contributed by atoms with van der Waals surface area (Å²) in [6.07, 6.45) is 1.09. The van der Waals surface area contributed by atoms with Crippen LogP contribution in [0.4, 0.5) is 0 Å². The minimum Gasteiger partial charge on any atom is -0.507 e. The minimum absolute atomic E-state index is 0.00631. The topological polar surface area (TPSA) is 111 Å². The van der Waals surface area contributed by atoms with Gasteiger partial charge in [-0.1, -0.05) is 0 Å². The number of ketones is 1. The van der Waals surface area contributed by atoms with Gasteiger partial charge in [0.1, 0.15) is 17.2 Å². The standard InChI is InChI=1S/C12H9NO5/c14-6-1-2-8(13-5-6)12(18)7-3-10(16)11(17)4-9(7)15/h1-5,14-17H. The molecule has 0 bridgehead atoms. The van der Waals surface area contributed by atoms with Gasteiger partial charge < -0.3 is 20.4 Å². The van der Waals surface area contributed by atoms with Gasteiger partial charge in [0.05, 0.1) is 11.8 Å². The Morgan fingerprint density at radius 1 is 0.944 bits per heavy atom. The number of benzene rings is 1. The Balaban J connectivity index is 2.46. The number of carbonyl (C=O) groups excluding carboxylic acids is 1. The second-order valence-electron chi connectivity index (χ2n) is 3.59. The Kier molecular flexibility index (Phi) is 2.77. The summed E-state index contributed by atoms with van der Waals surface area (Å²) in [4.78, 5) is 15.6. The summed E-state index contributed by atoms with van der Waals surface area (Å²) >= 11 is 0. The molecule has 1 heterocycles. The highest BCUT2D eigenvalue weighted by molar-refractivity contribution is 6.09. The van der Waals surface area contributed by atoms with Crippen LogP contribution in [-0.4, -0.2) is 31.2 Å². The predicted octanol–water partition coefficient (Wildman–Crippen LogP) is 1.14. The molecule has 6 heteroatoms. The molecule has 6 nitrogen and oxygen atoms in total. The van der Waals surface area contributed by atoms with Gasteiger partial charge in [0.25, 0.3) is 0 Å². The number of rotatable bonds is 2. The van der Waals surface area contributed by atoms with E-state index in [0.29, 0.717) is 0 Å². The van der Waals surface area contributed by atoms with E-state index in [2.05, 4.69) is 4.98 Å². The molecule has 0 aliphatic rings. The lowest BCUT2D eigenvalue weighted by Crippen LogP contribution is -2.03. The van der Waals surface area contributed by atoms with Crippen molar-refractivity contribution in [3.05, 3.63) is 41.7 Å². The van der Waals surface area contributed by atoms with Gasteiger partial charge in [0.2, 0.25) is 5.78 Å². The second kappa shape index (κ2) is 4.25. The largest absolute Gasteiger partial charge is 0.507 e. The second-order valence-corrected chi connectivity index (χ2v) is 3.59. The van der Waals surface area contributed by atoms with E-state index in [-0.39, 0.29) is 17.0 Å². The van der Waals surface area contributed by atoms with Gasteiger partial charge in [0, 0.05) is 6.07 Å². The first kappa shape index (κ1) is 11.7. The molecule has 0 aliphatic carbocycles. The van der Waals surface area contributed by atoms with E-state index < -0.39 is 23.0 Å². The summed E-state index contributed by atoms with van der Waals surface area (Å²) < 4.78 is 0. The lowest BCUT2D eigenvalue weighted by molar-refractivity contribution is 0.103.